The standard InChI is InChI=1S/C32H31BrN2O3/c1-3-37-30-19-25(18-29(33)31(30)38-22-24-13-6-4-7-14-24)21-34-35-32(36)28(26-15-8-5-9-16-26)20-27-17-11-10-12-23(27)2/h4-19,21,28H,3,20,22H2,1-2H3,(H,35,36)/b34-21-/t28-/m1/s1. The van der Waals surface area contributed by atoms with Crippen LogP contribution in [0.3, 0.4) is 0 Å². The molecule has 0 heterocycles. The zero-order valence-electron chi connectivity index (χ0n) is 21.6. The molecule has 4 aromatic carbocycles. The molecule has 38 heavy (non-hydrogen) atoms. The maximum absolute atomic E-state index is 13.3. The molecule has 4 aromatic rings. The molecule has 0 unspecified atom stereocenters. The molecule has 6 heteroatoms. The Kier molecular flexibility index (Phi) is 9.71. The van der Waals surface area contributed by atoms with E-state index in [4.69, 9.17) is 9.47 Å². The highest BCUT2D eigenvalue weighted by molar-refractivity contribution is 9.10. The molecular formula is C32H31BrN2O3. The number of amides is 1. The topological polar surface area (TPSA) is 59.9 Å². The molecule has 194 valence electrons. The third-order valence-corrected chi connectivity index (χ3v) is 6.74. The normalized spacial score (nSPS) is 11.8. The highest BCUT2D eigenvalue weighted by Crippen LogP contribution is 2.37. The Bertz CT molecular complexity index is 1370. The number of halogens is 1. The first kappa shape index (κ1) is 27.1. The largest absolute Gasteiger partial charge is 0.490 e. The van der Waals surface area contributed by atoms with Gasteiger partial charge in [0.05, 0.1) is 23.2 Å². The molecule has 0 radical (unpaired) electrons. The zero-order valence-corrected chi connectivity index (χ0v) is 23.1. The van der Waals surface area contributed by atoms with Gasteiger partial charge in [0, 0.05) is 0 Å². The number of nitrogens with zero attached hydrogens (tertiary/aromatic N) is 1. The summed E-state index contributed by atoms with van der Waals surface area (Å²) < 4.78 is 12.7. The number of hydrogen-bond donors (Lipinski definition) is 1. The summed E-state index contributed by atoms with van der Waals surface area (Å²) in [4.78, 5) is 13.3. The first-order valence-electron chi connectivity index (χ1n) is 12.6. The van der Waals surface area contributed by atoms with Crippen molar-refractivity contribution < 1.29 is 14.3 Å². The number of benzene rings is 4. The lowest BCUT2D eigenvalue weighted by Crippen LogP contribution is -2.27. The van der Waals surface area contributed by atoms with E-state index in [1.54, 1.807) is 6.21 Å². The third-order valence-electron chi connectivity index (χ3n) is 6.15. The van der Waals surface area contributed by atoms with Gasteiger partial charge in [-0.05, 0) is 76.1 Å². The van der Waals surface area contributed by atoms with Crippen LogP contribution in [0.4, 0.5) is 0 Å². The summed E-state index contributed by atoms with van der Waals surface area (Å²) in [6, 6.07) is 31.6. The van der Waals surface area contributed by atoms with Crippen LogP contribution in [0.5, 0.6) is 11.5 Å². The van der Waals surface area contributed by atoms with Gasteiger partial charge in [-0.3, -0.25) is 4.79 Å². The second-order valence-electron chi connectivity index (χ2n) is 8.87. The molecule has 1 N–H and O–H groups in total. The number of ether oxygens (including phenoxy) is 2. The molecule has 0 saturated carbocycles. The van der Waals surface area contributed by atoms with E-state index in [9.17, 15) is 4.79 Å². The van der Waals surface area contributed by atoms with Crippen LogP contribution < -0.4 is 14.9 Å². The highest BCUT2D eigenvalue weighted by Gasteiger charge is 2.21. The molecule has 0 aliphatic carbocycles. The fourth-order valence-corrected chi connectivity index (χ4v) is 4.72. The Labute approximate surface area is 232 Å². The van der Waals surface area contributed by atoms with Crippen molar-refractivity contribution in [3.8, 4) is 11.5 Å². The lowest BCUT2D eigenvalue weighted by molar-refractivity contribution is -0.122. The van der Waals surface area contributed by atoms with Gasteiger partial charge < -0.3 is 9.47 Å². The molecule has 1 atom stereocenters. The van der Waals surface area contributed by atoms with Crippen LogP contribution in [0.25, 0.3) is 0 Å². The lowest BCUT2D eigenvalue weighted by Gasteiger charge is -2.17. The summed E-state index contributed by atoms with van der Waals surface area (Å²) in [6.07, 6.45) is 2.20. The van der Waals surface area contributed by atoms with Crippen LogP contribution in [0.2, 0.25) is 0 Å². The fraction of sp³-hybridized carbons (Fsp3) is 0.188. The van der Waals surface area contributed by atoms with E-state index in [-0.39, 0.29) is 11.8 Å². The summed E-state index contributed by atoms with van der Waals surface area (Å²) in [7, 11) is 0. The number of hydrazone groups is 1. The quantitative estimate of drug-likeness (QED) is 0.153. The van der Waals surface area contributed by atoms with Gasteiger partial charge in [0.2, 0.25) is 5.91 Å². The Morgan fingerprint density at radius 2 is 1.63 bits per heavy atom. The SMILES string of the molecule is CCOc1cc(/C=N\NC(=O)[C@H](Cc2ccccc2C)c2ccccc2)cc(Br)c1OCc1ccccc1. The van der Waals surface area contributed by atoms with Crippen molar-refractivity contribution in [2.24, 2.45) is 5.10 Å². The van der Waals surface area contributed by atoms with Crippen LogP contribution in [0, 0.1) is 6.92 Å². The molecule has 1 amide bonds. The van der Waals surface area contributed by atoms with Crippen molar-refractivity contribution in [2.45, 2.75) is 32.8 Å². The van der Waals surface area contributed by atoms with Crippen LogP contribution in [-0.2, 0) is 17.8 Å². The molecular weight excluding hydrogens is 540 g/mol. The number of nitrogens with one attached hydrogen (secondary N) is 1. The van der Waals surface area contributed by atoms with Gasteiger partial charge in [-0.15, -0.1) is 0 Å². The summed E-state index contributed by atoms with van der Waals surface area (Å²) in [6.45, 7) is 4.90. The minimum atomic E-state index is -0.367. The first-order valence-corrected chi connectivity index (χ1v) is 13.4. The predicted molar refractivity (Wildman–Crippen MR) is 156 cm³/mol. The maximum Gasteiger partial charge on any atom is 0.247 e. The number of rotatable bonds is 11. The number of aryl methyl sites for hydroxylation is 1. The van der Waals surface area contributed by atoms with Crippen molar-refractivity contribution in [1.29, 1.82) is 0 Å². The highest BCUT2D eigenvalue weighted by atomic mass is 79.9. The van der Waals surface area contributed by atoms with Crippen molar-refractivity contribution >= 4 is 28.1 Å². The molecule has 0 aliphatic heterocycles. The minimum Gasteiger partial charge on any atom is -0.490 e. The van der Waals surface area contributed by atoms with E-state index >= 15 is 0 Å². The summed E-state index contributed by atoms with van der Waals surface area (Å²) >= 11 is 3.61. The molecule has 0 bridgehead atoms. The number of carbonyl (C=O) groups is 1. The minimum absolute atomic E-state index is 0.164. The smallest absolute Gasteiger partial charge is 0.247 e. The lowest BCUT2D eigenvalue weighted by atomic mass is 9.90. The summed E-state index contributed by atoms with van der Waals surface area (Å²) in [5.74, 6) is 0.697. The summed E-state index contributed by atoms with van der Waals surface area (Å²) in [5, 5.41) is 4.28. The van der Waals surface area contributed by atoms with E-state index in [1.165, 1.54) is 0 Å². The zero-order chi connectivity index (χ0) is 26.7. The number of carbonyl (C=O) groups excluding carboxylic acids is 1. The van der Waals surface area contributed by atoms with E-state index in [2.05, 4.69) is 45.5 Å². The maximum atomic E-state index is 13.3. The van der Waals surface area contributed by atoms with Gasteiger partial charge in [-0.25, -0.2) is 5.43 Å². The molecule has 0 aromatic heterocycles. The van der Waals surface area contributed by atoms with Crippen LogP contribution in [0.1, 0.15) is 40.7 Å². The predicted octanol–water partition coefficient (Wildman–Crippen LogP) is 7.21. The summed E-state index contributed by atoms with van der Waals surface area (Å²) in [5.41, 5.74) is 7.82. The molecule has 0 aliphatic rings. The van der Waals surface area contributed by atoms with Crippen molar-refractivity contribution in [2.75, 3.05) is 6.61 Å². The van der Waals surface area contributed by atoms with Crippen molar-refractivity contribution in [3.63, 3.8) is 0 Å². The second-order valence-corrected chi connectivity index (χ2v) is 9.72. The van der Waals surface area contributed by atoms with E-state index < -0.39 is 0 Å². The van der Waals surface area contributed by atoms with Crippen LogP contribution in [0.15, 0.2) is 107 Å². The van der Waals surface area contributed by atoms with Gasteiger partial charge in [-0.2, -0.15) is 5.10 Å². The van der Waals surface area contributed by atoms with Crippen LogP contribution >= 0.6 is 15.9 Å². The Morgan fingerprint density at radius 1 is 0.947 bits per heavy atom. The van der Waals surface area contributed by atoms with Gasteiger partial charge >= 0.3 is 0 Å². The molecule has 4 rings (SSSR count). The van der Waals surface area contributed by atoms with E-state index in [1.807, 2.05) is 91.9 Å². The monoisotopic (exact) mass is 570 g/mol. The van der Waals surface area contributed by atoms with Gasteiger partial charge in [0.15, 0.2) is 11.5 Å². The third kappa shape index (κ3) is 7.33. The Hall–Kier alpha value is -3.90. The van der Waals surface area contributed by atoms with Crippen molar-refractivity contribution in [3.05, 3.63) is 129 Å². The molecule has 0 spiro atoms. The van der Waals surface area contributed by atoms with Crippen LogP contribution in [-0.4, -0.2) is 18.7 Å². The average Bonchev–Trinajstić information content (AvgIpc) is 2.93. The van der Waals surface area contributed by atoms with Gasteiger partial charge in [0.25, 0.3) is 0 Å². The van der Waals surface area contributed by atoms with E-state index in [0.29, 0.717) is 31.1 Å². The molecule has 5 nitrogen and oxygen atoms in total. The number of hydrogen-bond acceptors (Lipinski definition) is 4. The Balaban J connectivity index is 1.49. The van der Waals surface area contributed by atoms with Gasteiger partial charge in [-0.1, -0.05) is 84.9 Å². The van der Waals surface area contributed by atoms with Crippen molar-refractivity contribution in [1.82, 2.24) is 5.43 Å². The fourth-order valence-electron chi connectivity index (χ4n) is 4.15. The average molecular weight is 572 g/mol. The Morgan fingerprint density at radius 3 is 2.34 bits per heavy atom. The molecule has 0 fully saturated rings. The molecule has 0 saturated heterocycles. The second kappa shape index (κ2) is 13.6. The van der Waals surface area contributed by atoms with E-state index in [0.717, 1.165) is 32.3 Å². The van der Waals surface area contributed by atoms with Gasteiger partial charge in [0.1, 0.15) is 6.61 Å². The first-order chi connectivity index (χ1) is 18.5.